The molecule has 13 heteroatoms. The van der Waals surface area contributed by atoms with Crippen molar-refractivity contribution in [2.24, 2.45) is 4.99 Å². The quantitative estimate of drug-likeness (QED) is 0.322. The lowest BCUT2D eigenvalue weighted by atomic mass is 9.95. The van der Waals surface area contributed by atoms with E-state index in [9.17, 15) is 24.3 Å². The van der Waals surface area contributed by atoms with Crippen LogP contribution in [0.25, 0.3) is 0 Å². The molecule has 5 rings (SSSR count). The lowest BCUT2D eigenvalue weighted by molar-refractivity contribution is -0.144. The van der Waals surface area contributed by atoms with E-state index >= 15 is 0 Å². The van der Waals surface area contributed by atoms with Crippen LogP contribution in [0.15, 0.2) is 74.8 Å². The molecule has 0 radical (unpaired) electrons. The molecule has 2 atom stereocenters. The Labute approximate surface area is 260 Å². The number of nitrogens with zero attached hydrogens (tertiary/aromatic N) is 5. The molecular weight excluding hydrogens is 639 g/mol. The fourth-order valence-electron chi connectivity index (χ4n) is 5.29. The van der Waals surface area contributed by atoms with Gasteiger partial charge in [0.15, 0.2) is 10.8 Å². The van der Waals surface area contributed by atoms with E-state index < -0.39 is 29.8 Å². The number of esters is 1. The molecule has 3 heterocycles. The van der Waals surface area contributed by atoms with E-state index in [0.717, 1.165) is 0 Å². The van der Waals surface area contributed by atoms with Crippen molar-refractivity contribution in [1.29, 1.82) is 5.26 Å². The average molecular weight is 668 g/mol. The first-order valence-corrected chi connectivity index (χ1v) is 15.3. The van der Waals surface area contributed by atoms with Crippen LogP contribution < -0.4 is 5.32 Å². The van der Waals surface area contributed by atoms with Crippen LogP contribution in [-0.4, -0.2) is 77.0 Å². The summed E-state index contributed by atoms with van der Waals surface area (Å²) in [7, 11) is 0. The number of thiazole rings is 1. The number of nitriles is 1. The van der Waals surface area contributed by atoms with Crippen LogP contribution in [0.1, 0.15) is 40.7 Å². The monoisotopic (exact) mass is 666 g/mol. The van der Waals surface area contributed by atoms with Crippen molar-refractivity contribution in [3.05, 3.63) is 97.3 Å². The van der Waals surface area contributed by atoms with Gasteiger partial charge in [-0.15, -0.1) is 11.3 Å². The second-order valence-electron chi connectivity index (χ2n) is 9.87. The summed E-state index contributed by atoms with van der Waals surface area (Å²) in [5, 5.41) is 25.4. The maximum Gasteiger partial charge on any atom is 0.338 e. The molecule has 0 amide bonds. The molecule has 1 saturated heterocycles. The maximum absolute atomic E-state index is 14.0. The molecule has 10 nitrogen and oxygen atoms in total. The number of ether oxygens (including phenoxy) is 1. The smallest absolute Gasteiger partial charge is 0.338 e. The third-order valence-electron chi connectivity index (χ3n) is 7.28. The van der Waals surface area contributed by atoms with Crippen molar-refractivity contribution >= 4 is 45.0 Å². The van der Waals surface area contributed by atoms with E-state index in [1.54, 1.807) is 43.5 Å². The minimum absolute atomic E-state index is 0.162. The number of hydrogen-bond acceptors (Lipinski definition) is 10. The lowest BCUT2D eigenvalue weighted by Gasteiger charge is -2.39. The average Bonchev–Trinajstić information content (AvgIpc) is 3.53. The zero-order chi connectivity index (χ0) is 30.5. The highest BCUT2D eigenvalue weighted by molar-refractivity contribution is 9.10. The Kier molecular flexibility index (Phi) is 9.62. The number of halogens is 2. The van der Waals surface area contributed by atoms with Gasteiger partial charge in [0.2, 0.25) is 0 Å². The van der Waals surface area contributed by atoms with Crippen LogP contribution in [-0.2, 0) is 14.3 Å². The first-order chi connectivity index (χ1) is 20.8. The zero-order valence-electron chi connectivity index (χ0n) is 23.2. The second kappa shape index (κ2) is 13.6. The van der Waals surface area contributed by atoms with Crippen LogP contribution in [0.4, 0.5) is 4.39 Å². The van der Waals surface area contributed by atoms with E-state index in [1.165, 1.54) is 23.5 Å². The van der Waals surface area contributed by atoms with Crippen molar-refractivity contribution in [2.45, 2.75) is 19.0 Å². The fourth-order valence-corrected chi connectivity index (χ4v) is 6.45. The SMILES string of the molecule is CCOC(=O)C1=C(CN2CCN(C(C(=O)O)c3ccccc3C#N)CC2)NC(c2nccs2)=NC1c1ccc(F)cc1Br. The number of piperazine rings is 1. The topological polar surface area (TPSA) is 131 Å². The summed E-state index contributed by atoms with van der Waals surface area (Å²) in [5.74, 6) is -1.50. The molecule has 0 spiro atoms. The molecule has 2 aromatic carbocycles. The number of aromatic nitrogens is 1. The minimum Gasteiger partial charge on any atom is -0.480 e. The summed E-state index contributed by atoms with van der Waals surface area (Å²) < 4.78 is 19.9. The summed E-state index contributed by atoms with van der Waals surface area (Å²) in [5.41, 5.74) is 2.29. The van der Waals surface area contributed by atoms with Crippen molar-refractivity contribution in [3.8, 4) is 6.07 Å². The van der Waals surface area contributed by atoms with Gasteiger partial charge >= 0.3 is 11.9 Å². The standard InChI is InChI=1S/C30H28BrFN6O4S/c1-2-42-30(41)24-23(35-27(28-34-9-14-43-28)36-25(24)21-8-7-19(32)15-22(21)31)17-37-10-12-38(13-11-37)26(29(39)40)20-6-4-3-5-18(20)16-33/h3-9,14-15,25-26H,2,10-13,17H2,1H3,(H,35,36)(H,39,40). The molecule has 0 aliphatic carbocycles. The Morgan fingerprint density at radius 2 is 2.02 bits per heavy atom. The van der Waals surface area contributed by atoms with E-state index in [-0.39, 0.29) is 6.61 Å². The van der Waals surface area contributed by atoms with E-state index in [1.807, 2.05) is 10.3 Å². The Hall–Kier alpha value is -3.96. The zero-order valence-corrected chi connectivity index (χ0v) is 25.6. The van der Waals surface area contributed by atoms with Crippen molar-refractivity contribution in [1.82, 2.24) is 20.1 Å². The number of carboxylic acids is 1. The minimum atomic E-state index is -1.02. The van der Waals surface area contributed by atoms with Crippen molar-refractivity contribution < 1.29 is 23.8 Å². The Morgan fingerprint density at radius 1 is 1.26 bits per heavy atom. The number of carbonyl (C=O) groups is 2. The Bertz CT molecular complexity index is 1610. The molecule has 222 valence electrons. The summed E-state index contributed by atoms with van der Waals surface area (Å²) in [6.07, 6.45) is 1.67. The van der Waals surface area contributed by atoms with Crippen molar-refractivity contribution in [3.63, 3.8) is 0 Å². The number of rotatable bonds is 9. The maximum atomic E-state index is 14.0. The molecule has 3 aromatic rings. The van der Waals surface area contributed by atoms with Gasteiger partial charge in [-0.3, -0.25) is 19.6 Å². The van der Waals surface area contributed by atoms with Gasteiger partial charge in [-0.2, -0.15) is 5.26 Å². The third-order valence-corrected chi connectivity index (χ3v) is 8.74. The fraction of sp³-hybridized carbons (Fsp3) is 0.300. The van der Waals surface area contributed by atoms with Gasteiger partial charge in [-0.05, 0) is 36.2 Å². The number of carboxylic acid groups (broad SMARTS) is 1. The first kappa shape index (κ1) is 30.5. The number of hydrogen-bond donors (Lipinski definition) is 2. The van der Waals surface area contributed by atoms with Crippen LogP contribution in [0.3, 0.4) is 0 Å². The Morgan fingerprint density at radius 3 is 2.67 bits per heavy atom. The lowest BCUT2D eigenvalue weighted by Crippen LogP contribution is -2.51. The number of amidine groups is 1. The first-order valence-electron chi connectivity index (χ1n) is 13.6. The number of aliphatic carboxylic acids is 1. The largest absolute Gasteiger partial charge is 0.480 e. The highest BCUT2D eigenvalue weighted by Crippen LogP contribution is 2.37. The summed E-state index contributed by atoms with van der Waals surface area (Å²) in [6, 6.07) is 11.4. The molecule has 0 saturated carbocycles. The molecule has 2 unspecified atom stereocenters. The van der Waals surface area contributed by atoms with Gasteiger partial charge in [-0.1, -0.05) is 40.2 Å². The molecule has 2 N–H and O–H groups in total. The molecule has 1 aromatic heterocycles. The van der Waals surface area contributed by atoms with E-state index in [2.05, 4.69) is 37.2 Å². The third kappa shape index (κ3) is 6.67. The van der Waals surface area contributed by atoms with E-state index in [4.69, 9.17) is 9.73 Å². The number of benzene rings is 2. The Balaban J connectivity index is 1.45. The summed E-state index contributed by atoms with van der Waals surface area (Å²) >= 11 is 4.84. The van der Waals surface area contributed by atoms with Crippen LogP contribution in [0, 0.1) is 17.1 Å². The van der Waals surface area contributed by atoms with Crippen LogP contribution >= 0.6 is 27.3 Å². The highest BCUT2D eigenvalue weighted by atomic mass is 79.9. The second-order valence-corrected chi connectivity index (χ2v) is 11.6. The van der Waals surface area contributed by atoms with Gasteiger partial charge in [0.25, 0.3) is 0 Å². The van der Waals surface area contributed by atoms with Gasteiger partial charge in [0, 0.05) is 54.5 Å². The normalized spacial score (nSPS) is 18.4. The van der Waals surface area contributed by atoms with Gasteiger partial charge < -0.3 is 15.2 Å². The van der Waals surface area contributed by atoms with Gasteiger partial charge in [-0.25, -0.2) is 14.2 Å². The van der Waals surface area contributed by atoms with E-state index in [0.29, 0.717) is 76.0 Å². The molecule has 2 aliphatic heterocycles. The molecular formula is C30H28BrFN6O4S. The van der Waals surface area contributed by atoms with Crippen LogP contribution in [0.2, 0.25) is 0 Å². The predicted octanol–water partition coefficient (Wildman–Crippen LogP) is 4.27. The number of carbonyl (C=O) groups excluding carboxylic acids is 1. The summed E-state index contributed by atoms with van der Waals surface area (Å²) in [4.78, 5) is 39.0. The van der Waals surface area contributed by atoms with Gasteiger partial charge in [0.1, 0.15) is 17.9 Å². The summed E-state index contributed by atoms with van der Waals surface area (Å²) in [6.45, 7) is 4.09. The van der Waals surface area contributed by atoms with Crippen molar-refractivity contribution in [2.75, 3.05) is 39.3 Å². The number of aliphatic imine (C=N–C) groups is 1. The number of nitrogens with one attached hydrogen (secondary N) is 1. The molecule has 1 fully saturated rings. The molecule has 43 heavy (non-hydrogen) atoms. The highest BCUT2D eigenvalue weighted by Gasteiger charge is 2.36. The molecule has 2 aliphatic rings. The molecule has 0 bridgehead atoms. The predicted molar refractivity (Wildman–Crippen MR) is 162 cm³/mol. The van der Waals surface area contributed by atoms with Gasteiger partial charge in [0.05, 0.1) is 23.8 Å². The van der Waals surface area contributed by atoms with Crippen LogP contribution in [0.5, 0.6) is 0 Å².